The normalized spacial score (nSPS) is 16.7. The number of guanidine groups is 1. The maximum absolute atomic E-state index is 4.27. The maximum atomic E-state index is 4.27. The number of nitrogens with zero attached hydrogens (tertiary/aromatic N) is 2. The fourth-order valence-corrected chi connectivity index (χ4v) is 3.32. The lowest BCUT2D eigenvalue weighted by molar-refractivity contribution is 0.282. The SMILES string of the molecule is CN=C(NCCCN1CCCCCC1)NCc1cccs1.I. The van der Waals surface area contributed by atoms with Crippen molar-refractivity contribution in [3.8, 4) is 0 Å². The largest absolute Gasteiger partial charge is 0.356 e. The highest BCUT2D eigenvalue weighted by atomic mass is 127. The van der Waals surface area contributed by atoms with Crippen molar-refractivity contribution >= 4 is 41.3 Å². The van der Waals surface area contributed by atoms with Gasteiger partial charge < -0.3 is 15.5 Å². The van der Waals surface area contributed by atoms with Crippen LogP contribution in [0.2, 0.25) is 0 Å². The molecule has 0 saturated carbocycles. The first-order chi connectivity index (χ1) is 10.4. The first kappa shape index (κ1) is 19.7. The van der Waals surface area contributed by atoms with Gasteiger partial charge in [0.15, 0.2) is 5.96 Å². The van der Waals surface area contributed by atoms with Crippen LogP contribution in [0.1, 0.15) is 37.0 Å². The molecule has 4 nitrogen and oxygen atoms in total. The van der Waals surface area contributed by atoms with Crippen LogP contribution in [0.25, 0.3) is 0 Å². The summed E-state index contributed by atoms with van der Waals surface area (Å²) in [7, 11) is 1.83. The van der Waals surface area contributed by atoms with Crippen molar-refractivity contribution < 1.29 is 0 Å². The topological polar surface area (TPSA) is 39.7 Å². The first-order valence-electron chi connectivity index (χ1n) is 8.08. The van der Waals surface area contributed by atoms with Crippen molar-refractivity contribution in [1.82, 2.24) is 15.5 Å². The standard InChI is InChI=1S/C16H28N4S.HI/c1-17-16(19-14-15-8-6-13-21-15)18-9-7-12-20-10-4-2-3-5-11-20;/h6,8,13H,2-5,7,9-12,14H2,1H3,(H2,17,18,19);1H. The van der Waals surface area contributed by atoms with Gasteiger partial charge in [0.25, 0.3) is 0 Å². The summed E-state index contributed by atoms with van der Waals surface area (Å²) < 4.78 is 0. The van der Waals surface area contributed by atoms with E-state index in [1.807, 2.05) is 7.05 Å². The van der Waals surface area contributed by atoms with Crippen LogP contribution in [0.15, 0.2) is 22.5 Å². The van der Waals surface area contributed by atoms with Crippen LogP contribution in [0.4, 0.5) is 0 Å². The molecule has 1 saturated heterocycles. The minimum atomic E-state index is 0. The Morgan fingerprint density at radius 1 is 1.23 bits per heavy atom. The van der Waals surface area contributed by atoms with Gasteiger partial charge in [-0.05, 0) is 50.3 Å². The number of thiophene rings is 1. The highest BCUT2D eigenvalue weighted by molar-refractivity contribution is 14.0. The lowest BCUT2D eigenvalue weighted by Crippen LogP contribution is -2.38. The number of rotatable bonds is 6. The summed E-state index contributed by atoms with van der Waals surface area (Å²) >= 11 is 1.77. The molecule has 0 aromatic carbocycles. The van der Waals surface area contributed by atoms with E-state index in [1.54, 1.807) is 11.3 Å². The van der Waals surface area contributed by atoms with E-state index in [1.165, 1.54) is 56.6 Å². The molecule has 6 heteroatoms. The van der Waals surface area contributed by atoms with Gasteiger partial charge in [-0.2, -0.15) is 0 Å². The minimum absolute atomic E-state index is 0. The molecule has 2 N–H and O–H groups in total. The fourth-order valence-electron chi connectivity index (χ4n) is 2.67. The van der Waals surface area contributed by atoms with E-state index < -0.39 is 0 Å². The highest BCUT2D eigenvalue weighted by Gasteiger charge is 2.08. The van der Waals surface area contributed by atoms with Gasteiger partial charge >= 0.3 is 0 Å². The summed E-state index contributed by atoms with van der Waals surface area (Å²) in [5.74, 6) is 0.902. The zero-order chi connectivity index (χ0) is 14.8. The molecule has 2 heterocycles. The molecule has 1 fully saturated rings. The Balaban J connectivity index is 0.00000242. The van der Waals surface area contributed by atoms with Gasteiger partial charge in [0.05, 0.1) is 6.54 Å². The lowest BCUT2D eigenvalue weighted by Gasteiger charge is -2.20. The van der Waals surface area contributed by atoms with E-state index >= 15 is 0 Å². The molecule has 0 unspecified atom stereocenters. The third-order valence-electron chi connectivity index (χ3n) is 3.88. The van der Waals surface area contributed by atoms with E-state index in [4.69, 9.17) is 0 Å². The molecule has 0 aliphatic carbocycles. The molecular weight excluding hydrogens is 407 g/mol. The Labute approximate surface area is 155 Å². The zero-order valence-electron chi connectivity index (χ0n) is 13.5. The molecule has 0 atom stereocenters. The van der Waals surface area contributed by atoms with Crippen LogP contribution in [-0.2, 0) is 6.54 Å². The molecule has 0 spiro atoms. The molecule has 0 amide bonds. The van der Waals surface area contributed by atoms with Crippen molar-refractivity contribution in [3.63, 3.8) is 0 Å². The Morgan fingerprint density at radius 3 is 2.64 bits per heavy atom. The monoisotopic (exact) mass is 436 g/mol. The fraction of sp³-hybridized carbons (Fsp3) is 0.688. The average Bonchev–Trinajstić information content (AvgIpc) is 2.89. The second-order valence-corrected chi connectivity index (χ2v) is 6.57. The van der Waals surface area contributed by atoms with E-state index in [0.29, 0.717) is 0 Å². The highest BCUT2D eigenvalue weighted by Crippen LogP contribution is 2.09. The van der Waals surface area contributed by atoms with Crippen molar-refractivity contribution in [3.05, 3.63) is 22.4 Å². The third-order valence-corrected chi connectivity index (χ3v) is 4.75. The molecular formula is C16H29IN4S. The summed E-state index contributed by atoms with van der Waals surface area (Å²) in [4.78, 5) is 8.22. The number of nitrogens with one attached hydrogen (secondary N) is 2. The Morgan fingerprint density at radius 2 is 2.00 bits per heavy atom. The van der Waals surface area contributed by atoms with Gasteiger partial charge in [-0.1, -0.05) is 18.9 Å². The predicted octanol–water partition coefficient (Wildman–Crippen LogP) is 3.30. The van der Waals surface area contributed by atoms with Gasteiger partial charge in [-0.15, -0.1) is 35.3 Å². The molecule has 1 aromatic rings. The molecule has 0 bridgehead atoms. The predicted molar refractivity (Wildman–Crippen MR) is 107 cm³/mol. The van der Waals surface area contributed by atoms with Crippen molar-refractivity contribution in [2.45, 2.75) is 38.6 Å². The van der Waals surface area contributed by atoms with Gasteiger partial charge in [-0.25, -0.2) is 0 Å². The summed E-state index contributed by atoms with van der Waals surface area (Å²) in [6, 6.07) is 4.23. The maximum Gasteiger partial charge on any atom is 0.191 e. The van der Waals surface area contributed by atoms with Crippen LogP contribution in [-0.4, -0.2) is 44.1 Å². The van der Waals surface area contributed by atoms with Crippen molar-refractivity contribution in [2.75, 3.05) is 33.2 Å². The number of hydrogen-bond acceptors (Lipinski definition) is 3. The Hall–Kier alpha value is -0.340. The number of likely N-dealkylation sites (tertiary alicyclic amines) is 1. The van der Waals surface area contributed by atoms with E-state index in [9.17, 15) is 0 Å². The van der Waals surface area contributed by atoms with E-state index in [-0.39, 0.29) is 24.0 Å². The zero-order valence-corrected chi connectivity index (χ0v) is 16.7. The number of hydrogen-bond donors (Lipinski definition) is 2. The van der Waals surface area contributed by atoms with Crippen molar-refractivity contribution in [2.24, 2.45) is 4.99 Å². The van der Waals surface area contributed by atoms with Gasteiger partial charge in [0.2, 0.25) is 0 Å². The van der Waals surface area contributed by atoms with Gasteiger partial charge in [-0.3, -0.25) is 4.99 Å². The smallest absolute Gasteiger partial charge is 0.191 e. The Kier molecular flexibility index (Phi) is 10.9. The summed E-state index contributed by atoms with van der Waals surface area (Å²) in [6.45, 7) is 5.61. The quantitative estimate of drug-likeness (QED) is 0.311. The average molecular weight is 436 g/mol. The molecule has 2 rings (SSSR count). The summed E-state index contributed by atoms with van der Waals surface area (Å²) in [5.41, 5.74) is 0. The van der Waals surface area contributed by atoms with Crippen LogP contribution in [0.3, 0.4) is 0 Å². The first-order valence-corrected chi connectivity index (χ1v) is 8.95. The number of aliphatic imine (C=N–C) groups is 1. The summed E-state index contributed by atoms with van der Waals surface area (Å²) in [6.07, 6.45) is 6.75. The van der Waals surface area contributed by atoms with Crippen LogP contribution in [0, 0.1) is 0 Å². The number of halogens is 1. The van der Waals surface area contributed by atoms with E-state index in [2.05, 4.69) is 38.0 Å². The minimum Gasteiger partial charge on any atom is -0.356 e. The molecule has 0 radical (unpaired) electrons. The van der Waals surface area contributed by atoms with E-state index in [0.717, 1.165) is 19.0 Å². The van der Waals surface area contributed by atoms with Crippen LogP contribution in [0.5, 0.6) is 0 Å². The molecule has 22 heavy (non-hydrogen) atoms. The summed E-state index contributed by atoms with van der Waals surface area (Å²) in [5, 5.41) is 8.87. The third kappa shape index (κ3) is 7.78. The van der Waals surface area contributed by atoms with Gasteiger partial charge in [0.1, 0.15) is 0 Å². The Bertz CT molecular complexity index is 400. The molecule has 126 valence electrons. The second-order valence-electron chi connectivity index (χ2n) is 5.54. The molecule has 1 aliphatic heterocycles. The second kappa shape index (κ2) is 12.1. The van der Waals surface area contributed by atoms with Crippen LogP contribution < -0.4 is 10.6 Å². The van der Waals surface area contributed by atoms with Crippen LogP contribution >= 0.6 is 35.3 Å². The van der Waals surface area contributed by atoms with Crippen molar-refractivity contribution in [1.29, 1.82) is 0 Å². The van der Waals surface area contributed by atoms with Gasteiger partial charge in [0, 0.05) is 18.5 Å². The molecule has 1 aromatic heterocycles. The molecule has 1 aliphatic rings. The lowest BCUT2D eigenvalue weighted by atomic mass is 10.2.